The molecule has 0 spiro atoms. The highest BCUT2D eigenvalue weighted by Gasteiger charge is 2.28. The lowest BCUT2D eigenvalue weighted by Gasteiger charge is -2.10. The number of amidine groups is 1. The van der Waals surface area contributed by atoms with Crippen molar-refractivity contribution in [3.63, 3.8) is 0 Å². The number of hydrogen-bond donors (Lipinski definition) is 4. The van der Waals surface area contributed by atoms with Crippen LogP contribution in [0.25, 0.3) is 0 Å². The van der Waals surface area contributed by atoms with Crippen LogP contribution in [0.1, 0.15) is 18.4 Å². The molecule has 0 aliphatic heterocycles. The molecule has 2 rings (SSSR count). The Labute approximate surface area is 104 Å². The van der Waals surface area contributed by atoms with Crippen molar-refractivity contribution in [2.45, 2.75) is 18.9 Å². The molecule has 9 nitrogen and oxygen atoms in total. The average molecular weight is 274 g/mol. The van der Waals surface area contributed by atoms with E-state index < -0.39 is 10.2 Å². The molecule has 18 heavy (non-hydrogen) atoms. The fraction of sp³-hybridized carbons (Fsp3) is 0.500. The first-order chi connectivity index (χ1) is 8.43. The molecular formula is C8H14N6O3S. The molecule has 1 aromatic rings. The van der Waals surface area contributed by atoms with Gasteiger partial charge >= 0.3 is 10.2 Å². The van der Waals surface area contributed by atoms with Gasteiger partial charge in [-0.2, -0.15) is 18.2 Å². The Bertz CT molecular complexity index is 574. The molecule has 1 fully saturated rings. The molecule has 0 radical (unpaired) electrons. The Kier molecular flexibility index (Phi) is 3.13. The number of oxime groups is 1. The lowest BCUT2D eigenvalue weighted by Crippen LogP contribution is -2.33. The van der Waals surface area contributed by atoms with Crippen LogP contribution in [0.15, 0.2) is 11.4 Å². The minimum Gasteiger partial charge on any atom is -0.409 e. The van der Waals surface area contributed by atoms with Crippen molar-refractivity contribution < 1.29 is 13.6 Å². The number of nitrogens with one attached hydrogen (secondary N) is 2. The second kappa shape index (κ2) is 4.46. The van der Waals surface area contributed by atoms with Gasteiger partial charge in [-0.05, 0) is 12.8 Å². The van der Waals surface area contributed by atoms with E-state index in [9.17, 15) is 8.42 Å². The molecular weight excluding hydrogens is 260 g/mol. The SMILES string of the molecule is Cn1ncc(C(N)=NO)c1NS(=O)(=O)NC1CC1. The normalized spacial score (nSPS) is 16.8. The van der Waals surface area contributed by atoms with E-state index in [-0.39, 0.29) is 23.3 Å². The van der Waals surface area contributed by atoms with Crippen molar-refractivity contribution in [2.24, 2.45) is 17.9 Å². The molecule has 0 bridgehead atoms. The molecule has 1 aliphatic rings. The lowest BCUT2D eigenvalue weighted by molar-refractivity contribution is 0.318. The van der Waals surface area contributed by atoms with Gasteiger partial charge in [0.1, 0.15) is 5.82 Å². The van der Waals surface area contributed by atoms with Gasteiger partial charge in [0.25, 0.3) is 0 Å². The van der Waals surface area contributed by atoms with Gasteiger partial charge in [0.2, 0.25) is 0 Å². The van der Waals surface area contributed by atoms with E-state index in [1.165, 1.54) is 10.9 Å². The average Bonchev–Trinajstić information content (AvgIpc) is 3.03. The summed E-state index contributed by atoms with van der Waals surface area (Å²) in [6.07, 6.45) is 2.98. The quantitative estimate of drug-likeness (QED) is 0.234. The molecule has 1 heterocycles. The van der Waals surface area contributed by atoms with E-state index in [2.05, 4.69) is 19.7 Å². The Morgan fingerprint density at radius 2 is 2.33 bits per heavy atom. The molecule has 0 amide bonds. The van der Waals surface area contributed by atoms with Crippen LogP contribution in [0.5, 0.6) is 0 Å². The molecule has 5 N–H and O–H groups in total. The van der Waals surface area contributed by atoms with Gasteiger partial charge in [-0.15, -0.1) is 0 Å². The van der Waals surface area contributed by atoms with E-state index in [1.54, 1.807) is 7.05 Å². The summed E-state index contributed by atoms with van der Waals surface area (Å²) in [5.41, 5.74) is 5.64. The van der Waals surface area contributed by atoms with E-state index >= 15 is 0 Å². The first-order valence-corrected chi connectivity index (χ1v) is 6.71. The second-order valence-corrected chi connectivity index (χ2v) is 5.46. The third kappa shape index (κ3) is 2.71. The van der Waals surface area contributed by atoms with Crippen LogP contribution in [-0.4, -0.2) is 35.3 Å². The summed E-state index contributed by atoms with van der Waals surface area (Å²) in [5.74, 6) is -0.0781. The molecule has 0 unspecified atom stereocenters. The molecule has 1 saturated carbocycles. The maximum atomic E-state index is 11.8. The molecule has 1 aliphatic carbocycles. The summed E-state index contributed by atoms with van der Waals surface area (Å²) in [6.45, 7) is 0. The van der Waals surface area contributed by atoms with E-state index in [0.29, 0.717) is 0 Å². The van der Waals surface area contributed by atoms with Gasteiger partial charge in [0.05, 0.1) is 11.8 Å². The predicted octanol–water partition coefficient (Wildman–Crippen LogP) is -1.08. The largest absolute Gasteiger partial charge is 0.409 e. The van der Waals surface area contributed by atoms with Crippen molar-refractivity contribution in [2.75, 3.05) is 4.72 Å². The summed E-state index contributed by atoms with van der Waals surface area (Å²) in [5, 5.41) is 15.3. The van der Waals surface area contributed by atoms with Crippen LogP contribution in [-0.2, 0) is 17.3 Å². The summed E-state index contributed by atoms with van der Waals surface area (Å²) in [4.78, 5) is 0. The van der Waals surface area contributed by atoms with Gasteiger partial charge in [0, 0.05) is 13.1 Å². The zero-order valence-electron chi connectivity index (χ0n) is 9.66. The van der Waals surface area contributed by atoms with Crippen LogP contribution in [0.4, 0.5) is 5.82 Å². The minimum absolute atomic E-state index is 0.0111. The van der Waals surface area contributed by atoms with Crippen molar-refractivity contribution >= 4 is 21.9 Å². The molecule has 10 heteroatoms. The van der Waals surface area contributed by atoms with Gasteiger partial charge in [-0.1, -0.05) is 5.16 Å². The van der Waals surface area contributed by atoms with Gasteiger partial charge in [0.15, 0.2) is 5.84 Å². The summed E-state index contributed by atoms with van der Waals surface area (Å²) < 4.78 is 29.6. The molecule has 100 valence electrons. The highest BCUT2D eigenvalue weighted by Crippen LogP contribution is 2.21. The fourth-order valence-electron chi connectivity index (χ4n) is 1.38. The monoisotopic (exact) mass is 274 g/mol. The van der Waals surface area contributed by atoms with E-state index in [1.807, 2.05) is 0 Å². The van der Waals surface area contributed by atoms with Crippen LogP contribution in [0.2, 0.25) is 0 Å². The van der Waals surface area contributed by atoms with Crippen LogP contribution < -0.4 is 15.2 Å². The van der Waals surface area contributed by atoms with Gasteiger partial charge in [-0.25, -0.2) is 0 Å². The third-order valence-corrected chi connectivity index (χ3v) is 3.56. The number of rotatable bonds is 5. The van der Waals surface area contributed by atoms with Crippen molar-refractivity contribution in [1.29, 1.82) is 0 Å². The zero-order chi connectivity index (χ0) is 13.3. The number of hydrogen-bond acceptors (Lipinski definition) is 5. The third-order valence-electron chi connectivity index (χ3n) is 2.45. The fourth-order valence-corrected chi connectivity index (χ4v) is 2.61. The Hall–Kier alpha value is -1.81. The summed E-state index contributed by atoms with van der Waals surface area (Å²) in [6, 6.07) is -0.0111. The Balaban J connectivity index is 2.25. The van der Waals surface area contributed by atoms with Crippen LogP contribution in [0, 0.1) is 0 Å². The Morgan fingerprint density at radius 1 is 1.67 bits per heavy atom. The van der Waals surface area contributed by atoms with Gasteiger partial charge in [-0.3, -0.25) is 9.40 Å². The predicted molar refractivity (Wildman–Crippen MR) is 64.4 cm³/mol. The number of aromatic nitrogens is 2. The zero-order valence-corrected chi connectivity index (χ0v) is 10.5. The first kappa shape index (κ1) is 12.6. The highest BCUT2D eigenvalue weighted by molar-refractivity contribution is 7.90. The first-order valence-electron chi connectivity index (χ1n) is 5.23. The van der Waals surface area contributed by atoms with Crippen molar-refractivity contribution in [1.82, 2.24) is 14.5 Å². The number of aryl methyl sites for hydroxylation is 1. The maximum absolute atomic E-state index is 11.8. The smallest absolute Gasteiger partial charge is 0.300 e. The summed E-state index contributed by atoms with van der Waals surface area (Å²) in [7, 11) is -2.14. The van der Waals surface area contributed by atoms with Gasteiger partial charge < -0.3 is 10.9 Å². The standard InChI is InChI=1S/C8H14N6O3S/c1-14-8(6(4-10-14)7(9)11-15)13-18(16,17)12-5-2-3-5/h4-5,12-13,15H,2-3H2,1H3,(H2,9,11). The minimum atomic E-state index is -3.68. The molecule has 0 saturated heterocycles. The summed E-state index contributed by atoms with van der Waals surface area (Å²) >= 11 is 0. The Morgan fingerprint density at radius 3 is 2.89 bits per heavy atom. The number of anilines is 1. The van der Waals surface area contributed by atoms with Crippen LogP contribution in [0.3, 0.4) is 0 Å². The lowest BCUT2D eigenvalue weighted by atomic mass is 10.3. The second-order valence-electron chi connectivity index (χ2n) is 4.01. The van der Waals surface area contributed by atoms with Crippen molar-refractivity contribution in [3.8, 4) is 0 Å². The van der Waals surface area contributed by atoms with Crippen LogP contribution >= 0.6 is 0 Å². The van der Waals surface area contributed by atoms with E-state index in [4.69, 9.17) is 10.9 Å². The number of nitrogens with two attached hydrogens (primary N) is 1. The number of nitrogens with zero attached hydrogens (tertiary/aromatic N) is 3. The topological polar surface area (TPSA) is 135 Å². The van der Waals surface area contributed by atoms with Crippen molar-refractivity contribution in [3.05, 3.63) is 11.8 Å². The highest BCUT2D eigenvalue weighted by atomic mass is 32.2. The van der Waals surface area contributed by atoms with E-state index in [0.717, 1.165) is 12.8 Å². The molecule has 0 aromatic carbocycles. The maximum Gasteiger partial charge on any atom is 0.300 e. The molecule has 1 aromatic heterocycles. The molecule has 0 atom stereocenters.